The predicted molar refractivity (Wildman–Crippen MR) is 106 cm³/mol. The number of carbonyl (C=O) groups is 1. The first kappa shape index (κ1) is 20.3. The number of nitrogens with zero attached hydrogens (tertiary/aromatic N) is 3. The third-order valence-corrected chi connectivity index (χ3v) is 4.05. The zero-order chi connectivity index (χ0) is 15.7. The monoisotopic (exact) mass is 367 g/mol. The molecule has 0 bridgehead atoms. The summed E-state index contributed by atoms with van der Waals surface area (Å²) in [6, 6.07) is 15.9. The quantitative estimate of drug-likeness (QED) is 0.824. The molecule has 0 fully saturated rings. The Morgan fingerprint density at radius 3 is 2.04 bits per heavy atom. The maximum atomic E-state index is 13.0. The molecule has 2 aromatic carbocycles. The molecule has 1 aliphatic rings. The molecule has 3 rings (SSSR count). The van der Waals surface area contributed by atoms with Crippen molar-refractivity contribution in [1.82, 2.24) is 4.90 Å². The van der Waals surface area contributed by atoms with Gasteiger partial charge in [-0.25, -0.2) is 0 Å². The van der Waals surface area contributed by atoms with Gasteiger partial charge < -0.3 is 14.7 Å². The second-order valence-electron chi connectivity index (χ2n) is 5.82. The molecule has 0 atom stereocenters. The molecule has 1 aliphatic heterocycles. The molecule has 0 saturated heterocycles. The van der Waals surface area contributed by atoms with Gasteiger partial charge in [-0.15, -0.1) is 24.8 Å². The minimum atomic E-state index is 0. The first-order chi connectivity index (χ1) is 10.6. The topological polar surface area (TPSA) is 26.8 Å². The van der Waals surface area contributed by atoms with Crippen LogP contribution in [0.15, 0.2) is 48.5 Å². The van der Waals surface area contributed by atoms with Crippen molar-refractivity contribution in [3.05, 3.63) is 54.1 Å². The summed E-state index contributed by atoms with van der Waals surface area (Å²) in [6.07, 6.45) is 0. The summed E-state index contributed by atoms with van der Waals surface area (Å²) in [5.41, 5.74) is 3.72. The first-order valence-corrected chi connectivity index (χ1v) is 7.48. The normalized spacial score (nSPS) is 12.8. The minimum absolute atomic E-state index is 0. The number of hydrogen-bond acceptors (Lipinski definition) is 3. The van der Waals surface area contributed by atoms with Crippen LogP contribution in [0.4, 0.5) is 17.1 Å². The van der Waals surface area contributed by atoms with E-state index >= 15 is 0 Å². The van der Waals surface area contributed by atoms with Crippen LogP contribution >= 0.6 is 24.8 Å². The molecule has 0 aromatic heterocycles. The predicted octanol–water partition coefficient (Wildman–Crippen LogP) is 3.82. The lowest BCUT2D eigenvalue weighted by molar-refractivity contribution is 0.0986. The molecule has 0 N–H and O–H groups in total. The Balaban J connectivity index is 0.00000144. The van der Waals surface area contributed by atoms with Crippen LogP contribution in [0.3, 0.4) is 0 Å². The maximum absolute atomic E-state index is 13.0. The van der Waals surface area contributed by atoms with E-state index in [1.165, 1.54) is 0 Å². The number of carbonyl (C=O) groups excluding carboxylic acids is 1. The fourth-order valence-electron chi connectivity index (χ4n) is 2.83. The number of anilines is 3. The lowest BCUT2D eigenvalue weighted by Gasteiger charge is -2.25. The molecule has 0 aliphatic carbocycles. The molecule has 1 amide bonds. The second kappa shape index (κ2) is 8.38. The Morgan fingerprint density at radius 1 is 0.875 bits per heavy atom. The van der Waals surface area contributed by atoms with Crippen molar-refractivity contribution < 1.29 is 4.79 Å². The van der Waals surface area contributed by atoms with E-state index in [9.17, 15) is 4.79 Å². The van der Waals surface area contributed by atoms with Crippen LogP contribution in [-0.4, -0.2) is 45.0 Å². The molecule has 130 valence electrons. The summed E-state index contributed by atoms with van der Waals surface area (Å²) in [5, 5.41) is 0. The van der Waals surface area contributed by atoms with Crippen LogP contribution in [0, 0.1) is 0 Å². The van der Waals surface area contributed by atoms with Gasteiger partial charge in [0.25, 0.3) is 5.91 Å². The number of fused-ring (bicyclic) bond motifs is 2. The van der Waals surface area contributed by atoms with E-state index in [0.29, 0.717) is 6.54 Å². The lowest BCUT2D eigenvalue weighted by Crippen LogP contribution is -2.36. The van der Waals surface area contributed by atoms with Crippen molar-refractivity contribution in [2.24, 2.45) is 0 Å². The standard InChI is InChI=1S/C18H21N3O.2ClH/c1-19(2)12-13-21-17-11-7-6-10-16(17)20(3)15-9-5-4-8-14(15)18(21)22;;/h4-11H,12-13H2,1-3H3;2*1H. The zero-order valence-corrected chi connectivity index (χ0v) is 15.7. The number of amides is 1. The van der Waals surface area contributed by atoms with Gasteiger partial charge in [0.1, 0.15) is 0 Å². The summed E-state index contributed by atoms with van der Waals surface area (Å²) in [4.78, 5) is 19.1. The van der Waals surface area contributed by atoms with Gasteiger partial charge in [-0.2, -0.15) is 0 Å². The number of para-hydroxylation sites is 3. The van der Waals surface area contributed by atoms with E-state index in [1.54, 1.807) is 0 Å². The van der Waals surface area contributed by atoms with E-state index in [0.717, 1.165) is 29.2 Å². The van der Waals surface area contributed by atoms with E-state index in [4.69, 9.17) is 0 Å². The molecule has 6 heteroatoms. The maximum Gasteiger partial charge on any atom is 0.260 e. The minimum Gasteiger partial charge on any atom is -0.342 e. The summed E-state index contributed by atoms with van der Waals surface area (Å²) in [7, 11) is 6.06. The molecule has 0 saturated carbocycles. The van der Waals surface area contributed by atoms with Crippen LogP contribution in [0.1, 0.15) is 10.4 Å². The number of hydrogen-bond donors (Lipinski definition) is 0. The number of likely N-dealkylation sites (N-methyl/N-ethyl adjacent to an activating group) is 1. The third-order valence-electron chi connectivity index (χ3n) is 4.05. The van der Waals surface area contributed by atoms with Crippen molar-refractivity contribution in [3.8, 4) is 0 Å². The number of rotatable bonds is 3. The average molecular weight is 368 g/mol. The molecular weight excluding hydrogens is 345 g/mol. The molecule has 1 heterocycles. The molecular formula is C18H23Cl2N3O. The van der Waals surface area contributed by atoms with E-state index < -0.39 is 0 Å². The Morgan fingerprint density at radius 2 is 1.42 bits per heavy atom. The highest BCUT2D eigenvalue weighted by molar-refractivity contribution is 6.13. The number of halogens is 2. The summed E-state index contributed by atoms with van der Waals surface area (Å²) < 4.78 is 0. The molecule has 4 nitrogen and oxygen atoms in total. The highest BCUT2D eigenvalue weighted by Gasteiger charge is 2.28. The van der Waals surface area contributed by atoms with Crippen molar-refractivity contribution in [2.45, 2.75) is 0 Å². The second-order valence-corrected chi connectivity index (χ2v) is 5.82. The Bertz CT molecular complexity index is 706. The Hall–Kier alpha value is -1.75. The van der Waals surface area contributed by atoms with Crippen LogP contribution in [0.2, 0.25) is 0 Å². The molecule has 0 spiro atoms. The van der Waals surface area contributed by atoms with Gasteiger partial charge in [-0.3, -0.25) is 4.79 Å². The van der Waals surface area contributed by atoms with Crippen LogP contribution in [0.25, 0.3) is 0 Å². The Labute approximate surface area is 155 Å². The van der Waals surface area contributed by atoms with E-state index in [1.807, 2.05) is 68.5 Å². The van der Waals surface area contributed by atoms with Crippen LogP contribution in [-0.2, 0) is 0 Å². The van der Waals surface area contributed by atoms with Gasteiger partial charge in [-0.1, -0.05) is 24.3 Å². The highest BCUT2D eigenvalue weighted by Crippen LogP contribution is 2.39. The van der Waals surface area contributed by atoms with Crippen molar-refractivity contribution in [3.63, 3.8) is 0 Å². The van der Waals surface area contributed by atoms with Gasteiger partial charge in [0, 0.05) is 20.1 Å². The molecule has 24 heavy (non-hydrogen) atoms. The van der Waals surface area contributed by atoms with Crippen LogP contribution in [0.5, 0.6) is 0 Å². The molecule has 2 aromatic rings. The third kappa shape index (κ3) is 3.66. The van der Waals surface area contributed by atoms with E-state index in [-0.39, 0.29) is 30.7 Å². The summed E-state index contributed by atoms with van der Waals surface area (Å²) in [6.45, 7) is 1.50. The average Bonchev–Trinajstić information content (AvgIpc) is 2.62. The molecule has 0 radical (unpaired) electrons. The van der Waals surface area contributed by atoms with Gasteiger partial charge in [0.05, 0.1) is 22.6 Å². The number of benzene rings is 2. The zero-order valence-electron chi connectivity index (χ0n) is 14.1. The smallest absolute Gasteiger partial charge is 0.260 e. The van der Waals surface area contributed by atoms with Crippen molar-refractivity contribution >= 4 is 47.8 Å². The summed E-state index contributed by atoms with van der Waals surface area (Å²) in [5.74, 6) is 0.0641. The first-order valence-electron chi connectivity index (χ1n) is 7.48. The van der Waals surface area contributed by atoms with Gasteiger partial charge in [0.15, 0.2) is 0 Å². The largest absolute Gasteiger partial charge is 0.342 e. The lowest BCUT2D eigenvalue weighted by atomic mass is 10.1. The van der Waals surface area contributed by atoms with Gasteiger partial charge in [0.2, 0.25) is 0 Å². The van der Waals surface area contributed by atoms with Crippen LogP contribution < -0.4 is 9.80 Å². The Kier molecular flexibility index (Phi) is 7.08. The van der Waals surface area contributed by atoms with Gasteiger partial charge in [-0.05, 0) is 38.4 Å². The van der Waals surface area contributed by atoms with Gasteiger partial charge >= 0.3 is 0 Å². The van der Waals surface area contributed by atoms with Crippen molar-refractivity contribution in [1.29, 1.82) is 0 Å². The SMILES string of the molecule is CN(C)CCN1C(=O)c2ccccc2N(C)c2ccccc21.Cl.Cl. The van der Waals surface area contributed by atoms with Crippen molar-refractivity contribution in [2.75, 3.05) is 44.0 Å². The van der Waals surface area contributed by atoms with E-state index in [2.05, 4.69) is 15.9 Å². The summed E-state index contributed by atoms with van der Waals surface area (Å²) >= 11 is 0. The highest BCUT2D eigenvalue weighted by atomic mass is 35.5. The fourth-order valence-corrected chi connectivity index (χ4v) is 2.83. The molecule has 0 unspecified atom stereocenters. The fraction of sp³-hybridized carbons (Fsp3) is 0.278.